The summed E-state index contributed by atoms with van der Waals surface area (Å²) in [6.07, 6.45) is 0.921. The third-order valence-corrected chi connectivity index (χ3v) is 6.45. The predicted octanol–water partition coefficient (Wildman–Crippen LogP) is 4.27. The normalized spacial score (nSPS) is 15.0. The second kappa shape index (κ2) is 7.09. The van der Waals surface area contributed by atoms with E-state index in [1.165, 1.54) is 12.1 Å². The minimum Gasteiger partial charge on any atom is -0.266 e. The van der Waals surface area contributed by atoms with E-state index < -0.39 is 21.9 Å². The highest BCUT2D eigenvalue weighted by atomic mass is 32.2. The quantitative estimate of drug-likeness (QED) is 0.588. The van der Waals surface area contributed by atoms with E-state index in [1.54, 1.807) is 48.5 Å². The molecule has 7 heteroatoms. The van der Waals surface area contributed by atoms with Crippen molar-refractivity contribution in [1.29, 1.82) is 0 Å². The average molecular weight is 409 g/mol. The first-order valence-corrected chi connectivity index (χ1v) is 10.7. The van der Waals surface area contributed by atoms with Crippen LogP contribution in [0.3, 0.4) is 0 Å². The first-order chi connectivity index (χ1) is 13.8. The molecule has 6 nitrogen and oxygen atoms in total. The molecule has 148 valence electrons. The Morgan fingerprint density at radius 2 is 1.45 bits per heavy atom. The molecule has 0 bridgehead atoms. The number of amides is 2. The number of carbonyl (C=O) groups excluding carboxylic acids is 2. The number of imide groups is 1. The summed E-state index contributed by atoms with van der Waals surface area (Å²) < 4.78 is 30.5. The molecule has 3 aromatic rings. The van der Waals surface area contributed by atoms with Crippen LogP contribution in [0.5, 0.6) is 0 Å². The summed E-state index contributed by atoms with van der Waals surface area (Å²) in [5, 5.41) is 1.56. The van der Waals surface area contributed by atoms with Gasteiger partial charge in [-0.25, -0.2) is 0 Å². The zero-order valence-corrected chi connectivity index (χ0v) is 16.8. The van der Waals surface area contributed by atoms with Gasteiger partial charge in [-0.05, 0) is 47.6 Å². The summed E-state index contributed by atoms with van der Waals surface area (Å²) in [6.45, 7) is 4.09. The largest absolute Gasteiger partial charge is 0.318 e. The zero-order chi connectivity index (χ0) is 20.8. The molecule has 1 heterocycles. The van der Waals surface area contributed by atoms with Crippen molar-refractivity contribution in [1.82, 2.24) is 5.06 Å². The van der Waals surface area contributed by atoms with E-state index in [2.05, 4.69) is 0 Å². The minimum atomic E-state index is -4.36. The van der Waals surface area contributed by atoms with Gasteiger partial charge in [-0.1, -0.05) is 50.2 Å². The summed E-state index contributed by atoms with van der Waals surface area (Å²) in [5.41, 5.74) is 1.44. The molecule has 1 unspecified atom stereocenters. The van der Waals surface area contributed by atoms with Crippen LogP contribution in [0, 0.1) is 0 Å². The third-order valence-electron chi connectivity index (χ3n) is 5.26. The van der Waals surface area contributed by atoms with E-state index in [9.17, 15) is 18.0 Å². The highest BCUT2D eigenvalue weighted by Gasteiger charge is 2.37. The van der Waals surface area contributed by atoms with Crippen molar-refractivity contribution in [3.63, 3.8) is 0 Å². The Balaban J connectivity index is 1.69. The SMILES string of the molecule is CCC(C)c1ccc(S(=O)(=O)ON2C(=O)c3cccc4cccc(c34)C2=O)cc1. The highest BCUT2D eigenvalue weighted by molar-refractivity contribution is 7.86. The van der Waals surface area contributed by atoms with Crippen LogP contribution >= 0.6 is 0 Å². The number of hydrogen-bond acceptors (Lipinski definition) is 5. The molecule has 1 aliphatic rings. The second-order valence-electron chi connectivity index (χ2n) is 7.02. The van der Waals surface area contributed by atoms with Crippen LogP contribution in [0.25, 0.3) is 10.8 Å². The molecule has 2 amide bonds. The monoisotopic (exact) mass is 409 g/mol. The van der Waals surface area contributed by atoms with Gasteiger partial charge in [0.15, 0.2) is 0 Å². The fourth-order valence-electron chi connectivity index (χ4n) is 3.42. The van der Waals surface area contributed by atoms with Crippen molar-refractivity contribution in [2.24, 2.45) is 0 Å². The van der Waals surface area contributed by atoms with Crippen LogP contribution < -0.4 is 0 Å². The molecule has 0 N–H and O–H groups in total. The maximum atomic E-state index is 12.8. The smallest absolute Gasteiger partial charge is 0.266 e. The molecule has 0 aromatic heterocycles. The van der Waals surface area contributed by atoms with Gasteiger partial charge in [-0.2, -0.15) is 8.42 Å². The van der Waals surface area contributed by atoms with Crippen LogP contribution in [0.1, 0.15) is 52.5 Å². The highest BCUT2D eigenvalue weighted by Crippen LogP contribution is 2.31. The molecule has 3 aromatic carbocycles. The van der Waals surface area contributed by atoms with Crippen molar-refractivity contribution in [3.8, 4) is 0 Å². The van der Waals surface area contributed by atoms with Crippen LogP contribution in [-0.2, 0) is 14.4 Å². The predicted molar refractivity (Wildman–Crippen MR) is 108 cm³/mol. The van der Waals surface area contributed by atoms with Gasteiger partial charge >= 0.3 is 10.1 Å². The Morgan fingerprint density at radius 1 is 0.897 bits per heavy atom. The molecule has 4 rings (SSSR count). The van der Waals surface area contributed by atoms with Crippen LogP contribution in [0.4, 0.5) is 0 Å². The van der Waals surface area contributed by atoms with E-state index in [0.29, 0.717) is 10.4 Å². The van der Waals surface area contributed by atoms with Gasteiger partial charge in [0, 0.05) is 5.39 Å². The molecule has 0 saturated carbocycles. The van der Waals surface area contributed by atoms with E-state index in [4.69, 9.17) is 4.28 Å². The van der Waals surface area contributed by atoms with Crippen LogP contribution in [-0.4, -0.2) is 25.3 Å². The number of nitrogens with zero attached hydrogens (tertiary/aromatic N) is 1. The standard InChI is InChI=1S/C22H19NO5S/c1-3-14(2)15-10-12-17(13-11-15)29(26,27)28-23-21(24)18-8-4-6-16-7-5-9-19(20(16)18)22(23)25/h4-14H,3H2,1-2H3. The fraction of sp³-hybridized carbons (Fsp3) is 0.182. The van der Waals surface area contributed by atoms with Crippen molar-refractivity contribution in [2.45, 2.75) is 31.1 Å². The summed E-state index contributed by atoms with van der Waals surface area (Å²) >= 11 is 0. The summed E-state index contributed by atoms with van der Waals surface area (Å²) in [6, 6.07) is 16.3. The molecule has 1 atom stereocenters. The van der Waals surface area contributed by atoms with Gasteiger partial charge in [0.25, 0.3) is 11.8 Å². The number of hydroxylamine groups is 2. The molecule has 0 saturated heterocycles. The number of rotatable bonds is 5. The Morgan fingerprint density at radius 3 is 1.97 bits per heavy atom. The number of benzene rings is 3. The Kier molecular flexibility index (Phi) is 4.72. The topological polar surface area (TPSA) is 80.8 Å². The molecule has 1 aliphatic heterocycles. The van der Waals surface area contributed by atoms with Gasteiger partial charge in [0.2, 0.25) is 0 Å². The lowest BCUT2D eigenvalue weighted by molar-refractivity contribution is -0.0155. The lowest BCUT2D eigenvalue weighted by Crippen LogP contribution is -2.41. The Bertz CT molecular complexity index is 1180. The van der Waals surface area contributed by atoms with Crippen molar-refractivity contribution in [2.75, 3.05) is 0 Å². The van der Waals surface area contributed by atoms with Crippen LogP contribution in [0.15, 0.2) is 65.6 Å². The number of hydrogen-bond donors (Lipinski definition) is 0. The average Bonchev–Trinajstić information content (AvgIpc) is 2.74. The fourth-order valence-corrected chi connectivity index (χ4v) is 4.30. The third kappa shape index (κ3) is 3.22. The maximum Gasteiger partial charge on any atom is 0.318 e. The van der Waals surface area contributed by atoms with Gasteiger partial charge in [0.05, 0.1) is 16.0 Å². The van der Waals surface area contributed by atoms with Crippen LogP contribution in [0.2, 0.25) is 0 Å². The van der Waals surface area contributed by atoms with E-state index >= 15 is 0 Å². The second-order valence-corrected chi connectivity index (χ2v) is 8.55. The zero-order valence-electron chi connectivity index (χ0n) is 16.0. The van der Waals surface area contributed by atoms with E-state index in [1.807, 2.05) is 13.8 Å². The lowest BCUT2D eigenvalue weighted by atomic mass is 9.95. The first kappa shape index (κ1) is 19.3. The lowest BCUT2D eigenvalue weighted by Gasteiger charge is -2.25. The summed E-state index contributed by atoms with van der Waals surface area (Å²) in [4.78, 5) is 25.5. The molecule has 29 heavy (non-hydrogen) atoms. The molecule has 0 fully saturated rings. The van der Waals surface area contributed by atoms with Gasteiger partial charge in [0.1, 0.15) is 0 Å². The van der Waals surface area contributed by atoms with E-state index in [0.717, 1.165) is 17.4 Å². The van der Waals surface area contributed by atoms with Crippen molar-refractivity contribution < 1.29 is 22.3 Å². The molecular formula is C22H19NO5S. The van der Waals surface area contributed by atoms with Gasteiger partial charge in [-0.15, -0.1) is 9.35 Å². The van der Waals surface area contributed by atoms with E-state index in [-0.39, 0.29) is 21.9 Å². The Hall–Kier alpha value is -3.03. The summed E-state index contributed by atoms with van der Waals surface area (Å²) in [5.74, 6) is -1.33. The van der Waals surface area contributed by atoms with Crippen molar-refractivity contribution in [3.05, 3.63) is 77.4 Å². The van der Waals surface area contributed by atoms with Gasteiger partial charge < -0.3 is 0 Å². The molecule has 0 radical (unpaired) electrons. The maximum absolute atomic E-state index is 12.8. The molecule has 0 spiro atoms. The van der Waals surface area contributed by atoms with Gasteiger partial charge in [-0.3, -0.25) is 9.59 Å². The first-order valence-electron chi connectivity index (χ1n) is 9.28. The summed E-state index contributed by atoms with van der Waals surface area (Å²) in [7, 11) is -4.36. The minimum absolute atomic E-state index is 0.123. The molecule has 0 aliphatic carbocycles. The number of carbonyl (C=O) groups is 2. The van der Waals surface area contributed by atoms with Crippen molar-refractivity contribution >= 4 is 32.7 Å². The Labute approximate surface area is 168 Å². The molecular weight excluding hydrogens is 390 g/mol.